The van der Waals surface area contributed by atoms with Crippen molar-refractivity contribution in [1.82, 2.24) is 10.2 Å². The summed E-state index contributed by atoms with van der Waals surface area (Å²) < 4.78 is 0. The van der Waals surface area contributed by atoms with Gasteiger partial charge >= 0.3 is 0 Å². The fourth-order valence-corrected chi connectivity index (χ4v) is 2.99. The summed E-state index contributed by atoms with van der Waals surface area (Å²) >= 11 is 1.28. The van der Waals surface area contributed by atoms with E-state index in [4.69, 9.17) is 0 Å². The monoisotopic (exact) mass is 264 g/mol. The lowest BCUT2D eigenvalue weighted by Crippen LogP contribution is -2.54. The third-order valence-electron chi connectivity index (χ3n) is 3.08. The molecule has 1 saturated heterocycles. The summed E-state index contributed by atoms with van der Waals surface area (Å²) in [6.45, 7) is 0. The summed E-state index contributed by atoms with van der Waals surface area (Å²) in [5.74, 6) is -1.86. The Morgan fingerprint density at radius 1 is 1.11 bits per heavy atom. The molecule has 1 fully saturated rings. The van der Waals surface area contributed by atoms with Crippen LogP contribution in [-0.4, -0.2) is 34.6 Å². The summed E-state index contributed by atoms with van der Waals surface area (Å²) in [4.78, 5) is 47.8. The van der Waals surface area contributed by atoms with Gasteiger partial charge in [-0.25, -0.2) is 0 Å². The summed E-state index contributed by atoms with van der Waals surface area (Å²) in [5.41, 5.74) is 0.685. The van der Waals surface area contributed by atoms with Gasteiger partial charge in [-0.2, -0.15) is 11.3 Å². The summed E-state index contributed by atoms with van der Waals surface area (Å²) in [6.07, 6.45) is 0.330. The van der Waals surface area contributed by atoms with Crippen LogP contribution in [0.25, 0.3) is 0 Å². The molecule has 6 nitrogen and oxygen atoms in total. The molecule has 0 aromatic carbocycles. The molecule has 1 unspecified atom stereocenters. The number of nitrogens with zero attached hydrogens (tertiary/aromatic N) is 1. The molecule has 3 heterocycles. The quantitative estimate of drug-likeness (QED) is 0.732. The van der Waals surface area contributed by atoms with Crippen molar-refractivity contribution in [3.05, 3.63) is 21.9 Å². The van der Waals surface area contributed by atoms with Crippen molar-refractivity contribution in [1.29, 1.82) is 0 Å². The van der Waals surface area contributed by atoms with Gasteiger partial charge in [0.1, 0.15) is 6.04 Å². The molecule has 1 aromatic rings. The molecule has 1 aromatic heterocycles. The first kappa shape index (κ1) is 11.1. The van der Waals surface area contributed by atoms with Gasteiger partial charge in [0.2, 0.25) is 11.8 Å². The molecule has 0 aliphatic carbocycles. The molecule has 3 rings (SSSR count). The van der Waals surface area contributed by atoms with Crippen LogP contribution in [0.3, 0.4) is 0 Å². The van der Waals surface area contributed by atoms with E-state index in [1.54, 1.807) is 10.8 Å². The number of rotatable bonds is 1. The van der Waals surface area contributed by atoms with Crippen LogP contribution >= 0.6 is 11.3 Å². The van der Waals surface area contributed by atoms with E-state index in [0.717, 1.165) is 4.90 Å². The first-order valence-corrected chi connectivity index (χ1v) is 6.31. The van der Waals surface area contributed by atoms with Gasteiger partial charge in [0.25, 0.3) is 11.8 Å². The van der Waals surface area contributed by atoms with Crippen molar-refractivity contribution in [3.8, 4) is 0 Å². The molecule has 2 aliphatic heterocycles. The average molecular weight is 264 g/mol. The maximum Gasteiger partial charge on any atom is 0.263 e. The van der Waals surface area contributed by atoms with Gasteiger partial charge in [0, 0.05) is 17.2 Å². The Morgan fingerprint density at radius 3 is 2.28 bits per heavy atom. The number of carbonyl (C=O) groups excluding carboxylic acids is 4. The second kappa shape index (κ2) is 3.74. The van der Waals surface area contributed by atoms with E-state index in [9.17, 15) is 19.2 Å². The number of piperidine rings is 1. The Hall–Kier alpha value is -2.02. The normalized spacial score (nSPS) is 23.3. The molecule has 18 heavy (non-hydrogen) atoms. The fourth-order valence-electron chi connectivity index (χ4n) is 2.19. The number of hydrogen-bond donors (Lipinski definition) is 1. The maximum atomic E-state index is 12.0. The molecule has 4 amide bonds. The van der Waals surface area contributed by atoms with E-state index < -0.39 is 23.8 Å². The fraction of sp³-hybridized carbons (Fsp3) is 0.273. The van der Waals surface area contributed by atoms with Crippen molar-refractivity contribution in [2.45, 2.75) is 18.9 Å². The minimum Gasteiger partial charge on any atom is -0.295 e. The van der Waals surface area contributed by atoms with E-state index in [1.165, 1.54) is 11.3 Å². The molecule has 0 radical (unpaired) electrons. The second-order valence-electron chi connectivity index (χ2n) is 4.15. The van der Waals surface area contributed by atoms with Gasteiger partial charge in [-0.05, 0) is 6.42 Å². The lowest BCUT2D eigenvalue weighted by atomic mass is 10.0. The molecule has 1 atom stereocenters. The first-order chi connectivity index (χ1) is 8.59. The van der Waals surface area contributed by atoms with E-state index >= 15 is 0 Å². The van der Waals surface area contributed by atoms with Gasteiger partial charge in [-0.15, -0.1) is 0 Å². The predicted octanol–water partition coefficient (Wildman–Crippen LogP) is 0.149. The standard InChI is InChI=1S/C11H8N2O4S/c14-8-2-1-7(9(15)12-8)13-10(16)5-3-18-4-6(5)11(13)17/h3-4,7H,1-2H2,(H,12,14,15). The summed E-state index contributed by atoms with van der Waals surface area (Å²) in [6, 6.07) is -0.875. The molecule has 92 valence electrons. The number of carbonyl (C=O) groups is 4. The number of hydrogen-bond acceptors (Lipinski definition) is 5. The Morgan fingerprint density at radius 2 is 1.72 bits per heavy atom. The molecule has 0 saturated carbocycles. The second-order valence-corrected chi connectivity index (χ2v) is 4.89. The van der Waals surface area contributed by atoms with Crippen molar-refractivity contribution < 1.29 is 19.2 Å². The van der Waals surface area contributed by atoms with Crippen molar-refractivity contribution in [2.75, 3.05) is 0 Å². The van der Waals surface area contributed by atoms with Crippen LogP contribution < -0.4 is 5.32 Å². The maximum absolute atomic E-state index is 12.0. The van der Waals surface area contributed by atoms with Crippen molar-refractivity contribution in [3.63, 3.8) is 0 Å². The number of amides is 4. The third kappa shape index (κ3) is 1.40. The topological polar surface area (TPSA) is 83.6 Å². The molecule has 0 bridgehead atoms. The van der Waals surface area contributed by atoms with Gasteiger partial charge in [0.15, 0.2) is 0 Å². The highest BCUT2D eigenvalue weighted by molar-refractivity contribution is 7.08. The Bertz CT molecular complexity index is 561. The van der Waals surface area contributed by atoms with E-state index in [1.807, 2.05) is 0 Å². The van der Waals surface area contributed by atoms with Gasteiger partial charge < -0.3 is 0 Å². The largest absolute Gasteiger partial charge is 0.295 e. The molecule has 1 N–H and O–H groups in total. The lowest BCUT2D eigenvalue weighted by Gasteiger charge is -2.27. The highest BCUT2D eigenvalue weighted by atomic mass is 32.1. The Balaban J connectivity index is 1.93. The number of fused-ring (bicyclic) bond motifs is 1. The third-order valence-corrected chi connectivity index (χ3v) is 3.83. The molecule has 2 aliphatic rings. The van der Waals surface area contributed by atoms with Crippen LogP contribution in [0.15, 0.2) is 10.8 Å². The van der Waals surface area contributed by atoms with E-state index in [-0.39, 0.29) is 18.7 Å². The zero-order chi connectivity index (χ0) is 12.9. The Kier molecular flexibility index (Phi) is 2.30. The van der Waals surface area contributed by atoms with Crippen LogP contribution in [0.5, 0.6) is 0 Å². The predicted molar refractivity (Wildman–Crippen MR) is 61.0 cm³/mol. The SMILES string of the molecule is O=C1CCC(N2C(=O)c3cscc3C2=O)C(=O)N1. The molecule has 7 heteroatoms. The number of imide groups is 2. The highest BCUT2D eigenvalue weighted by Crippen LogP contribution is 2.29. The van der Waals surface area contributed by atoms with Crippen LogP contribution in [0.4, 0.5) is 0 Å². The van der Waals surface area contributed by atoms with Crippen LogP contribution in [0, 0.1) is 0 Å². The minimum atomic E-state index is -0.875. The van der Waals surface area contributed by atoms with Gasteiger partial charge in [-0.3, -0.25) is 29.4 Å². The number of thiophene rings is 1. The zero-order valence-electron chi connectivity index (χ0n) is 9.13. The zero-order valence-corrected chi connectivity index (χ0v) is 9.95. The Labute approximate surface area is 106 Å². The first-order valence-electron chi connectivity index (χ1n) is 5.37. The smallest absolute Gasteiger partial charge is 0.263 e. The summed E-state index contributed by atoms with van der Waals surface area (Å²) in [5, 5.41) is 5.34. The van der Waals surface area contributed by atoms with Crippen molar-refractivity contribution >= 4 is 35.0 Å². The highest BCUT2D eigenvalue weighted by Gasteiger charge is 2.44. The lowest BCUT2D eigenvalue weighted by molar-refractivity contribution is -0.136. The van der Waals surface area contributed by atoms with Gasteiger partial charge in [0.05, 0.1) is 11.1 Å². The molecular weight excluding hydrogens is 256 g/mol. The average Bonchev–Trinajstić information content (AvgIpc) is 2.87. The molecule has 0 spiro atoms. The summed E-state index contributed by atoms with van der Waals surface area (Å²) in [7, 11) is 0. The number of nitrogens with one attached hydrogen (secondary N) is 1. The van der Waals surface area contributed by atoms with Crippen LogP contribution in [0.1, 0.15) is 33.6 Å². The minimum absolute atomic E-state index is 0.139. The van der Waals surface area contributed by atoms with Crippen LogP contribution in [-0.2, 0) is 9.59 Å². The van der Waals surface area contributed by atoms with E-state index in [0.29, 0.717) is 11.1 Å². The van der Waals surface area contributed by atoms with Crippen LogP contribution in [0.2, 0.25) is 0 Å². The molecular formula is C11H8N2O4S. The van der Waals surface area contributed by atoms with Gasteiger partial charge in [-0.1, -0.05) is 0 Å². The van der Waals surface area contributed by atoms with Crippen molar-refractivity contribution in [2.24, 2.45) is 0 Å². The van der Waals surface area contributed by atoms with E-state index in [2.05, 4.69) is 5.32 Å².